The van der Waals surface area contributed by atoms with Crippen LogP contribution in [0.15, 0.2) is 70.2 Å². The van der Waals surface area contributed by atoms with Crippen LogP contribution in [0.1, 0.15) is 36.7 Å². The first-order valence-corrected chi connectivity index (χ1v) is 13.9. The van der Waals surface area contributed by atoms with E-state index in [0.29, 0.717) is 30.3 Å². The van der Waals surface area contributed by atoms with Crippen LogP contribution >= 0.6 is 11.3 Å². The summed E-state index contributed by atoms with van der Waals surface area (Å²) in [7, 11) is -3.82. The van der Waals surface area contributed by atoms with Crippen LogP contribution in [0.5, 0.6) is 0 Å². The molecular formula is C26H27N3O4S2. The van der Waals surface area contributed by atoms with Crippen molar-refractivity contribution in [2.75, 3.05) is 11.4 Å². The summed E-state index contributed by atoms with van der Waals surface area (Å²) in [6.45, 7) is 4.47. The molecule has 0 aliphatic carbocycles. The van der Waals surface area contributed by atoms with Gasteiger partial charge in [-0.3, -0.25) is 9.69 Å². The van der Waals surface area contributed by atoms with E-state index in [2.05, 4.69) is 6.92 Å². The van der Waals surface area contributed by atoms with Crippen LogP contribution < -0.4 is 4.90 Å². The summed E-state index contributed by atoms with van der Waals surface area (Å²) in [4.78, 5) is 20.6. The first kappa shape index (κ1) is 23.7. The summed E-state index contributed by atoms with van der Waals surface area (Å²) in [5, 5.41) is 0.543. The summed E-state index contributed by atoms with van der Waals surface area (Å²) in [5.41, 5.74) is 2.97. The molecule has 5 rings (SSSR count). The number of para-hydroxylation sites is 1. The number of anilines is 1. The smallest absolute Gasteiger partial charge is 0.247 e. The molecule has 0 N–H and O–H groups in total. The molecule has 182 valence electrons. The molecule has 1 atom stereocenters. The summed E-state index contributed by atoms with van der Waals surface area (Å²) >= 11 is 1.43. The number of sulfonamides is 1. The fourth-order valence-corrected chi connectivity index (χ4v) is 7.16. The van der Waals surface area contributed by atoms with Gasteiger partial charge in [0.25, 0.3) is 0 Å². The number of carbonyl (C=O) groups excluding carboxylic acids is 1. The molecule has 0 saturated carbocycles. The minimum Gasteiger partial charge on any atom is -0.467 e. The largest absolute Gasteiger partial charge is 0.467 e. The van der Waals surface area contributed by atoms with Crippen LogP contribution in [0.25, 0.3) is 10.2 Å². The zero-order valence-corrected chi connectivity index (χ0v) is 21.3. The Morgan fingerprint density at radius 1 is 1.17 bits per heavy atom. The maximum atomic E-state index is 14.0. The molecule has 0 spiro atoms. The van der Waals surface area contributed by atoms with Crippen molar-refractivity contribution in [3.63, 3.8) is 0 Å². The Bertz CT molecular complexity index is 1440. The average molecular weight is 510 g/mol. The number of hydrogen-bond acceptors (Lipinski definition) is 6. The van der Waals surface area contributed by atoms with Gasteiger partial charge in [-0.05, 0) is 62.1 Å². The van der Waals surface area contributed by atoms with Gasteiger partial charge in [0.1, 0.15) is 11.8 Å². The zero-order valence-electron chi connectivity index (χ0n) is 19.7. The highest BCUT2D eigenvalue weighted by Gasteiger charge is 2.42. The van der Waals surface area contributed by atoms with Crippen LogP contribution in [0, 0.1) is 6.92 Å². The molecule has 2 aromatic carbocycles. The molecule has 1 saturated heterocycles. The highest BCUT2D eigenvalue weighted by molar-refractivity contribution is 7.89. The number of furan rings is 1. The molecular weight excluding hydrogens is 482 g/mol. The van der Waals surface area contributed by atoms with Crippen LogP contribution in [-0.4, -0.2) is 36.2 Å². The van der Waals surface area contributed by atoms with Crippen LogP contribution in [-0.2, 0) is 27.8 Å². The van der Waals surface area contributed by atoms with Crippen LogP contribution in [0.4, 0.5) is 5.13 Å². The maximum Gasteiger partial charge on any atom is 0.247 e. The zero-order chi connectivity index (χ0) is 24.6. The number of rotatable bonds is 7. The van der Waals surface area contributed by atoms with Crippen molar-refractivity contribution in [3.8, 4) is 0 Å². The molecule has 9 heteroatoms. The van der Waals surface area contributed by atoms with Gasteiger partial charge in [0.05, 0.1) is 27.9 Å². The molecule has 1 amide bonds. The Morgan fingerprint density at radius 2 is 1.97 bits per heavy atom. The number of hydrogen-bond donors (Lipinski definition) is 0. The van der Waals surface area contributed by atoms with E-state index in [1.165, 1.54) is 15.6 Å². The van der Waals surface area contributed by atoms with Crippen LogP contribution in [0.2, 0.25) is 0 Å². The maximum absolute atomic E-state index is 14.0. The second kappa shape index (κ2) is 9.56. The van der Waals surface area contributed by atoms with Crippen molar-refractivity contribution in [2.45, 2.75) is 50.6 Å². The van der Waals surface area contributed by atoms with E-state index < -0.39 is 16.1 Å². The third-order valence-corrected chi connectivity index (χ3v) is 9.35. The van der Waals surface area contributed by atoms with Crippen molar-refractivity contribution < 1.29 is 17.6 Å². The number of amides is 1. The first-order chi connectivity index (χ1) is 16.9. The number of aryl methyl sites for hydroxylation is 2. The van der Waals surface area contributed by atoms with Gasteiger partial charge in [0, 0.05) is 6.54 Å². The number of benzene rings is 2. The third-order valence-electron chi connectivity index (χ3n) is 6.38. The third kappa shape index (κ3) is 4.51. The normalized spacial score (nSPS) is 16.7. The number of carbonyl (C=O) groups is 1. The minimum absolute atomic E-state index is 0.183. The van der Waals surface area contributed by atoms with E-state index >= 15 is 0 Å². The van der Waals surface area contributed by atoms with Crippen molar-refractivity contribution >= 4 is 42.6 Å². The van der Waals surface area contributed by atoms with Crippen molar-refractivity contribution in [2.24, 2.45) is 0 Å². The van der Waals surface area contributed by atoms with Crippen molar-refractivity contribution in [3.05, 3.63) is 77.7 Å². The molecule has 1 fully saturated rings. The van der Waals surface area contributed by atoms with Gasteiger partial charge in [-0.25, -0.2) is 13.4 Å². The number of fused-ring (bicyclic) bond motifs is 1. The van der Waals surface area contributed by atoms with E-state index in [-0.39, 0.29) is 17.3 Å². The topological polar surface area (TPSA) is 83.7 Å². The fraction of sp³-hybridized carbons (Fsp3) is 0.308. The van der Waals surface area contributed by atoms with Gasteiger partial charge >= 0.3 is 0 Å². The molecule has 1 aliphatic rings. The predicted octanol–water partition coefficient (Wildman–Crippen LogP) is 5.15. The van der Waals surface area contributed by atoms with Crippen molar-refractivity contribution in [1.82, 2.24) is 9.29 Å². The van der Waals surface area contributed by atoms with Gasteiger partial charge in [-0.15, -0.1) is 0 Å². The lowest BCUT2D eigenvalue weighted by atomic mass is 10.1. The Morgan fingerprint density at radius 3 is 2.69 bits per heavy atom. The van der Waals surface area contributed by atoms with Gasteiger partial charge in [0.2, 0.25) is 15.9 Å². The lowest BCUT2D eigenvalue weighted by molar-refractivity contribution is -0.121. The number of aromatic nitrogens is 1. The van der Waals surface area contributed by atoms with Gasteiger partial charge in [-0.2, -0.15) is 4.31 Å². The lowest BCUT2D eigenvalue weighted by Gasteiger charge is -2.28. The Hall–Kier alpha value is -3.01. The SMILES string of the molecule is CCc1cccc2sc(N(Cc3ccco3)C(=O)C3CCCN3S(=O)(=O)c3ccc(C)cc3)nc12. The lowest BCUT2D eigenvalue weighted by Crippen LogP contribution is -2.47. The monoisotopic (exact) mass is 509 g/mol. The van der Waals surface area contributed by atoms with E-state index in [9.17, 15) is 13.2 Å². The molecule has 0 radical (unpaired) electrons. The predicted molar refractivity (Wildman–Crippen MR) is 137 cm³/mol. The van der Waals surface area contributed by atoms with E-state index in [1.807, 2.05) is 25.1 Å². The Kier molecular flexibility index (Phi) is 6.48. The van der Waals surface area contributed by atoms with E-state index in [4.69, 9.17) is 9.40 Å². The standard InChI is InChI=1S/C26H27N3O4S2/c1-3-19-7-4-10-23-24(19)27-26(34-23)28(17-20-8-6-16-33-20)25(30)22-9-5-15-29(22)35(31,32)21-13-11-18(2)12-14-21/h4,6-8,10-14,16,22H,3,5,9,15,17H2,1-2H3. The molecule has 0 bridgehead atoms. The summed E-state index contributed by atoms with van der Waals surface area (Å²) in [6, 6.07) is 15.6. The number of thiazole rings is 1. The summed E-state index contributed by atoms with van der Waals surface area (Å²) in [6.07, 6.45) is 3.48. The second-order valence-corrected chi connectivity index (χ2v) is 11.6. The highest BCUT2D eigenvalue weighted by atomic mass is 32.2. The van der Waals surface area contributed by atoms with E-state index in [0.717, 1.165) is 27.8 Å². The molecule has 1 aliphatic heterocycles. The molecule has 3 heterocycles. The van der Waals surface area contributed by atoms with Gasteiger partial charge in [-0.1, -0.05) is 48.1 Å². The molecule has 2 aromatic heterocycles. The van der Waals surface area contributed by atoms with Crippen LogP contribution in [0.3, 0.4) is 0 Å². The number of nitrogens with zero attached hydrogens (tertiary/aromatic N) is 3. The fourth-order valence-electron chi connectivity index (χ4n) is 4.49. The minimum atomic E-state index is -3.82. The molecule has 7 nitrogen and oxygen atoms in total. The highest BCUT2D eigenvalue weighted by Crippen LogP contribution is 2.35. The molecule has 35 heavy (non-hydrogen) atoms. The van der Waals surface area contributed by atoms with Gasteiger partial charge < -0.3 is 4.42 Å². The first-order valence-electron chi connectivity index (χ1n) is 11.7. The quantitative estimate of drug-likeness (QED) is 0.344. The summed E-state index contributed by atoms with van der Waals surface area (Å²) < 4.78 is 34.9. The van der Waals surface area contributed by atoms with Crippen molar-refractivity contribution in [1.29, 1.82) is 0 Å². The summed E-state index contributed by atoms with van der Waals surface area (Å²) in [5.74, 6) is 0.325. The van der Waals surface area contributed by atoms with Gasteiger partial charge in [0.15, 0.2) is 5.13 Å². The average Bonchev–Trinajstić information content (AvgIpc) is 3.62. The Balaban J connectivity index is 1.52. The molecule has 1 unspecified atom stereocenters. The van der Waals surface area contributed by atoms with E-state index in [1.54, 1.807) is 47.6 Å². The molecule has 4 aromatic rings. The Labute approximate surface area is 209 Å². The second-order valence-electron chi connectivity index (χ2n) is 8.70.